The molecule has 124 valence electrons. The van der Waals surface area contributed by atoms with E-state index in [2.05, 4.69) is 22.2 Å². The summed E-state index contributed by atoms with van der Waals surface area (Å²) in [7, 11) is 1.95. The molecule has 0 radical (unpaired) electrons. The first kappa shape index (κ1) is 15.8. The number of H-pyrrole nitrogens is 1. The highest BCUT2D eigenvalue weighted by Crippen LogP contribution is 2.30. The van der Waals surface area contributed by atoms with Crippen molar-refractivity contribution in [2.24, 2.45) is 7.05 Å². The number of aryl methyl sites for hydroxylation is 4. The number of nitrogens with zero attached hydrogens (tertiary/aromatic N) is 4. The molecule has 2 aromatic heterocycles. The van der Waals surface area contributed by atoms with Crippen molar-refractivity contribution >= 4 is 5.91 Å². The van der Waals surface area contributed by atoms with Crippen molar-refractivity contribution in [3.8, 4) is 0 Å². The van der Waals surface area contributed by atoms with Crippen molar-refractivity contribution in [3.63, 3.8) is 0 Å². The minimum Gasteiger partial charge on any atom is -0.335 e. The average molecular weight is 315 g/mol. The molecule has 6 heteroatoms. The van der Waals surface area contributed by atoms with Crippen LogP contribution in [-0.2, 0) is 24.8 Å². The monoisotopic (exact) mass is 315 g/mol. The van der Waals surface area contributed by atoms with E-state index in [0.29, 0.717) is 19.0 Å². The number of amides is 1. The van der Waals surface area contributed by atoms with Gasteiger partial charge in [-0.3, -0.25) is 14.6 Å². The SMILES string of the molecule is Cc1n[nH]c(C)c1CC(=O)N(Cc1c(C)nn(C)c1C)C1CC1. The molecule has 1 fully saturated rings. The second-order valence-electron chi connectivity index (χ2n) is 6.62. The Balaban J connectivity index is 1.80. The highest BCUT2D eigenvalue weighted by molar-refractivity contribution is 5.80. The van der Waals surface area contributed by atoms with E-state index in [1.54, 1.807) is 0 Å². The van der Waals surface area contributed by atoms with Crippen LogP contribution in [0.25, 0.3) is 0 Å². The van der Waals surface area contributed by atoms with E-state index in [4.69, 9.17) is 0 Å². The molecule has 1 N–H and O–H groups in total. The summed E-state index contributed by atoms with van der Waals surface area (Å²) < 4.78 is 1.89. The third-order valence-corrected chi connectivity index (χ3v) is 4.90. The van der Waals surface area contributed by atoms with Gasteiger partial charge < -0.3 is 4.90 Å². The zero-order chi connectivity index (χ0) is 16.7. The van der Waals surface area contributed by atoms with Crippen LogP contribution in [0.5, 0.6) is 0 Å². The van der Waals surface area contributed by atoms with Crippen LogP contribution in [0.15, 0.2) is 0 Å². The Morgan fingerprint density at radius 2 is 1.91 bits per heavy atom. The van der Waals surface area contributed by atoms with Gasteiger partial charge in [-0.25, -0.2) is 0 Å². The minimum atomic E-state index is 0.183. The van der Waals surface area contributed by atoms with Gasteiger partial charge in [0.2, 0.25) is 5.91 Å². The fraction of sp³-hybridized carbons (Fsp3) is 0.588. The van der Waals surface area contributed by atoms with Crippen LogP contribution in [0.2, 0.25) is 0 Å². The summed E-state index contributed by atoms with van der Waals surface area (Å²) in [6.07, 6.45) is 2.63. The van der Waals surface area contributed by atoms with Gasteiger partial charge in [-0.1, -0.05) is 0 Å². The highest BCUT2D eigenvalue weighted by Gasteiger charge is 2.34. The van der Waals surface area contributed by atoms with E-state index in [1.807, 2.05) is 37.4 Å². The Kier molecular flexibility index (Phi) is 4.00. The molecule has 1 aliphatic carbocycles. The number of hydrogen-bond donors (Lipinski definition) is 1. The molecule has 0 spiro atoms. The maximum absolute atomic E-state index is 12.9. The van der Waals surface area contributed by atoms with Gasteiger partial charge in [-0.2, -0.15) is 10.2 Å². The predicted molar refractivity (Wildman–Crippen MR) is 88.0 cm³/mol. The van der Waals surface area contributed by atoms with E-state index in [1.165, 1.54) is 5.56 Å². The second kappa shape index (κ2) is 5.83. The summed E-state index contributed by atoms with van der Waals surface area (Å²) in [5.74, 6) is 0.183. The van der Waals surface area contributed by atoms with Crippen molar-refractivity contribution in [2.45, 2.75) is 59.5 Å². The molecule has 1 aliphatic rings. The molecule has 0 aromatic carbocycles. The normalized spacial score (nSPS) is 14.3. The molecule has 0 unspecified atom stereocenters. The van der Waals surface area contributed by atoms with Gasteiger partial charge in [-0.05, 0) is 40.5 Å². The maximum atomic E-state index is 12.9. The van der Waals surface area contributed by atoms with Crippen LogP contribution >= 0.6 is 0 Å². The summed E-state index contributed by atoms with van der Waals surface area (Å²) >= 11 is 0. The number of carbonyl (C=O) groups is 1. The standard InChI is InChI=1S/C17H25N5O/c1-10-15(11(2)19-18-10)8-17(23)22(14-6-7-14)9-16-12(3)20-21(5)13(16)4/h14H,6-9H2,1-5H3,(H,18,19). The zero-order valence-electron chi connectivity index (χ0n) is 14.6. The van der Waals surface area contributed by atoms with E-state index in [0.717, 1.165) is 41.2 Å². The smallest absolute Gasteiger partial charge is 0.227 e. The molecule has 2 heterocycles. The Morgan fingerprint density at radius 3 is 2.39 bits per heavy atom. The molecule has 0 saturated heterocycles. The first-order valence-electron chi connectivity index (χ1n) is 8.17. The van der Waals surface area contributed by atoms with E-state index < -0.39 is 0 Å². The Hall–Kier alpha value is -2.11. The van der Waals surface area contributed by atoms with E-state index in [-0.39, 0.29) is 5.91 Å². The zero-order valence-corrected chi connectivity index (χ0v) is 14.6. The fourth-order valence-corrected chi connectivity index (χ4v) is 3.11. The molecule has 6 nitrogen and oxygen atoms in total. The molecular formula is C17H25N5O. The molecule has 0 bridgehead atoms. The van der Waals surface area contributed by atoms with Gasteiger partial charge in [0.25, 0.3) is 0 Å². The van der Waals surface area contributed by atoms with Crippen LogP contribution in [0.3, 0.4) is 0 Å². The van der Waals surface area contributed by atoms with Gasteiger partial charge in [0, 0.05) is 42.1 Å². The average Bonchev–Trinajstić information content (AvgIpc) is 3.25. The third-order valence-electron chi connectivity index (χ3n) is 4.90. The fourth-order valence-electron chi connectivity index (χ4n) is 3.11. The summed E-state index contributed by atoms with van der Waals surface area (Å²) in [6, 6.07) is 0.383. The summed E-state index contributed by atoms with van der Waals surface area (Å²) in [4.78, 5) is 14.9. The van der Waals surface area contributed by atoms with Gasteiger partial charge in [0.15, 0.2) is 0 Å². The predicted octanol–water partition coefficient (Wildman–Crippen LogP) is 2.11. The first-order valence-corrected chi connectivity index (χ1v) is 8.17. The topological polar surface area (TPSA) is 66.8 Å². The van der Waals surface area contributed by atoms with Crippen LogP contribution in [0.1, 0.15) is 46.7 Å². The number of hydrogen-bond acceptors (Lipinski definition) is 3. The maximum Gasteiger partial charge on any atom is 0.227 e. The van der Waals surface area contributed by atoms with Crippen LogP contribution in [0, 0.1) is 27.7 Å². The number of nitrogens with one attached hydrogen (secondary N) is 1. The molecule has 23 heavy (non-hydrogen) atoms. The molecule has 0 atom stereocenters. The Labute approximate surface area is 136 Å². The largest absolute Gasteiger partial charge is 0.335 e. The minimum absolute atomic E-state index is 0.183. The van der Waals surface area contributed by atoms with Crippen molar-refractivity contribution in [3.05, 3.63) is 33.9 Å². The van der Waals surface area contributed by atoms with Crippen molar-refractivity contribution < 1.29 is 4.79 Å². The lowest BCUT2D eigenvalue weighted by Gasteiger charge is -2.23. The molecule has 3 rings (SSSR count). The van der Waals surface area contributed by atoms with E-state index >= 15 is 0 Å². The van der Waals surface area contributed by atoms with Gasteiger partial charge in [0.05, 0.1) is 17.8 Å². The number of carbonyl (C=O) groups excluding carboxylic acids is 1. The summed E-state index contributed by atoms with van der Waals surface area (Å²) in [5, 5.41) is 11.6. The second-order valence-corrected chi connectivity index (χ2v) is 6.62. The molecular weight excluding hydrogens is 290 g/mol. The molecule has 1 saturated carbocycles. The Morgan fingerprint density at radius 1 is 1.22 bits per heavy atom. The first-order chi connectivity index (χ1) is 10.9. The van der Waals surface area contributed by atoms with Gasteiger partial charge in [0.1, 0.15) is 0 Å². The Bertz CT molecular complexity index is 719. The van der Waals surface area contributed by atoms with Crippen molar-refractivity contribution in [2.75, 3.05) is 0 Å². The van der Waals surface area contributed by atoms with Crippen molar-refractivity contribution in [1.82, 2.24) is 24.9 Å². The lowest BCUT2D eigenvalue weighted by molar-refractivity contribution is -0.131. The van der Waals surface area contributed by atoms with Crippen LogP contribution in [0.4, 0.5) is 0 Å². The van der Waals surface area contributed by atoms with E-state index in [9.17, 15) is 4.79 Å². The number of aromatic amines is 1. The van der Waals surface area contributed by atoms with Gasteiger partial charge >= 0.3 is 0 Å². The summed E-state index contributed by atoms with van der Waals surface area (Å²) in [5.41, 5.74) is 6.25. The lowest BCUT2D eigenvalue weighted by Crippen LogP contribution is -2.34. The quantitative estimate of drug-likeness (QED) is 0.919. The third kappa shape index (κ3) is 3.02. The lowest BCUT2D eigenvalue weighted by atomic mass is 10.1. The molecule has 1 amide bonds. The highest BCUT2D eigenvalue weighted by atomic mass is 16.2. The van der Waals surface area contributed by atoms with Crippen LogP contribution in [-0.4, -0.2) is 36.8 Å². The number of aromatic nitrogens is 4. The van der Waals surface area contributed by atoms with Crippen LogP contribution < -0.4 is 0 Å². The van der Waals surface area contributed by atoms with Crippen molar-refractivity contribution in [1.29, 1.82) is 0 Å². The summed E-state index contributed by atoms with van der Waals surface area (Å²) in [6.45, 7) is 8.66. The molecule has 0 aliphatic heterocycles. The molecule has 2 aromatic rings. The number of rotatable bonds is 5. The van der Waals surface area contributed by atoms with Gasteiger partial charge in [-0.15, -0.1) is 0 Å².